The van der Waals surface area contributed by atoms with Crippen LogP contribution < -0.4 is 10.2 Å². The van der Waals surface area contributed by atoms with E-state index in [0.29, 0.717) is 6.04 Å². The van der Waals surface area contributed by atoms with Crippen LogP contribution in [0.3, 0.4) is 0 Å². The molecule has 2 rings (SSSR count). The lowest BCUT2D eigenvalue weighted by molar-refractivity contribution is 0.442. The molecular formula is C14H23N3. The normalized spacial score (nSPS) is 22.5. The number of nitrogens with zero attached hydrogens (tertiary/aromatic N) is 2. The average Bonchev–Trinajstić information content (AvgIpc) is 2.38. The molecule has 0 amide bonds. The van der Waals surface area contributed by atoms with Crippen molar-refractivity contribution in [3.05, 3.63) is 23.9 Å². The van der Waals surface area contributed by atoms with E-state index in [-0.39, 0.29) is 0 Å². The third-order valence-electron chi connectivity index (χ3n) is 3.67. The highest BCUT2D eigenvalue weighted by Crippen LogP contribution is 2.27. The van der Waals surface area contributed by atoms with Gasteiger partial charge in [0.2, 0.25) is 0 Å². The maximum atomic E-state index is 4.59. The lowest BCUT2D eigenvalue weighted by Gasteiger charge is -2.33. The van der Waals surface area contributed by atoms with Crippen molar-refractivity contribution in [1.29, 1.82) is 0 Å². The fraction of sp³-hybridized carbons (Fsp3) is 0.643. The van der Waals surface area contributed by atoms with Crippen LogP contribution in [0.15, 0.2) is 18.3 Å². The van der Waals surface area contributed by atoms with E-state index in [1.807, 2.05) is 19.3 Å². The van der Waals surface area contributed by atoms with Gasteiger partial charge in [-0.2, -0.15) is 0 Å². The van der Waals surface area contributed by atoms with E-state index in [2.05, 4.69) is 35.1 Å². The molecule has 0 radical (unpaired) electrons. The Bertz CT molecular complexity index is 364. The standard InChI is InChI=1S/C14H23N3/c1-11-6-5-9-17(10-11)14-13(12(2)15-3)7-4-8-16-14/h4,7-8,11-12,15H,5-6,9-10H2,1-3H3. The van der Waals surface area contributed by atoms with Gasteiger partial charge in [-0.25, -0.2) is 4.98 Å². The van der Waals surface area contributed by atoms with Crippen molar-refractivity contribution >= 4 is 5.82 Å². The molecule has 2 atom stereocenters. The molecule has 0 aromatic carbocycles. The molecule has 0 spiro atoms. The molecule has 3 nitrogen and oxygen atoms in total. The van der Waals surface area contributed by atoms with E-state index in [1.165, 1.54) is 24.2 Å². The Morgan fingerprint density at radius 1 is 1.53 bits per heavy atom. The predicted molar refractivity (Wildman–Crippen MR) is 72.3 cm³/mol. The first-order valence-electron chi connectivity index (χ1n) is 6.59. The van der Waals surface area contributed by atoms with E-state index in [0.717, 1.165) is 19.0 Å². The Morgan fingerprint density at radius 2 is 2.35 bits per heavy atom. The zero-order chi connectivity index (χ0) is 12.3. The number of pyridine rings is 1. The van der Waals surface area contributed by atoms with Gasteiger partial charge < -0.3 is 10.2 Å². The van der Waals surface area contributed by atoms with Gasteiger partial charge in [0.15, 0.2) is 0 Å². The SMILES string of the molecule is CNC(C)c1cccnc1N1CCCC(C)C1. The molecule has 0 bridgehead atoms. The fourth-order valence-corrected chi connectivity index (χ4v) is 2.55. The zero-order valence-corrected chi connectivity index (χ0v) is 11.1. The zero-order valence-electron chi connectivity index (χ0n) is 11.1. The van der Waals surface area contributed by atoms with Crippen molar-refractivity contribution in [3.8, 4) is 0 Å². The van der Waals surface area contributed by atoms with Gasteiger partial charge in [-0.15, -0.1) is 0 Å². The van der Waals surface area contributed by atoms with E-state index in [1.54, 1.807) is 0 Å². The minimum atomic E-state index is 0.357. The van der Waals surface area contributed by atoms with Gasteiger partial charge in [-0.3, -0.25) is 0 Å². The third-order valence-corrected chi connectivity index (χ3v) is 3.67. The molecule has 1 aliphatic heterocycles. The molecule has 0 aliphatic carbocycles. The Hall–Kier alpha value is -1.09. The summed E-state index contributed by atoms with van der Waals surface area (Å²) in [4.78, 5) is 7.03. The summed E-state index contributed by atoms with van der Waals surface area (Å²) in [5, 5.41) is 3.31. The fourth-order valence-electron chi connectivity index (χ4n) is 2.55. The van der Waals surface area contributed by atoms with Crippen molar-refractivity contribution < 1.29 is 0 Å². The first kappa shape index (κ1) is 12.4. The monoisotopic (exact) mass is 233 g/mol. The minimum absolute atomic E-state index is 0.357. The summed E-state index contributed by atoms with van der Waals surface area (Å²) in [6, 6.07) is 4.57. The summed E-state index contributed by atoms with van der Waals surface area (Å²) < 4.78 is 0. The second-order valence-corrected chi connectivity index (χ2v) is 5.12. The molecule has 1 aromatic rings. The van der Waals surface area contributed by atoms with Crippen molar-refractivity contribution in [1.82, 2.24) is 10.3 Å². The number of aromatic nitrogens is 1. The topological polar surface area (TPSA) is 28.2 Å². The average molecular weight is 233 g/mol. The highest BCUT2D eigenvalue weighted by molar-refractivity contribution is 5.48. The number of piperidine rings is 1. The van der Waals surface area contributed by atoms with Crippen LogP contribution in [0.2, 0.25) is 0 Å². The van der Waals surface area contributed by atoms with Crippen molar-refractivity contribution in [2.45, 2.75) is 32.7 Å². The molecule has 1 aliphatic rings. The number of hydrogen-bond acceptors (Lipinski definition) is 3. The van der Waals surface area contributed by atoms with E-state index in [9.17, 15) is 0 Å². The van der Waals surface area contributed by atoms with Crippen LogP contribution in [0.4, 0.5) is 5.82 Å². The maximum absolute atomic E-state index is 4.59. The van der Waals surface area contributed by atoms with Crippen LogP contribution in [0.5, 0.6) is 0 Å². The lowest BCUT2D eigenvalue weighted by Crippen LogP contribution is -2.36. The summed E-state index contributed by atoms with van der Waals surface area (Å²) in [5.41, 5.74) is 1.31. The van der Waals surface area contributed by atoms with Crippen LogP contribution in [0.1, 0.15) is 38.3 Å². The van der Waals surface area contributed by atoms with Crippen LogP contribution in [0.25, 0.3) is 0 Å². The van der Waals surface area contributed by atoms with Gasteiger partial charge in [0.25, 0.3) is 0 Å². The highest BCUT2D eigenvalue weighted by Gasteiger charge is 2.21. The molecule has 1 N–H and O–H groups in total. The first-order chi connectivity index (χ1) is 8.22. The predicted octanol–water partition coefficient (Wildman–Crippen LogP) is 2.60. The van der Waals surface area contributed by atoms with Crippen LogP contribution in [-0.2, 0) is 0 Å². The van der Waals surface area contributed by atoms with Crippen LogP contribution in [0, 0.1) is 5.92 Å². The number of nitrogens with one attached hydrogen (secondary N) is 1. The summed E-state index contributed by atoms with van der Waals surface area (Å²) in [6.07, 6.45) is 4.53. The molecule has 1 saturated heterocycles. The number of rotatable bonds is 3. The summed E-state index contributed by atoms with van der Waals surface area (Å²) >= 11 is 0. The quantitative estimate of drug-likeness (QED) is 0.870. The molecule has 0 saturated carbocycles. The molecule has 1 fully saturated rings. The van der Waals surface area contributed by atoms with E-state index >= 15 is 0 Å². The van der Waals surface area contributed by atoms with Gasteiger partial charge in [-0.1, -0.05) is 13.0 Å². The molecule has 94 valence electrons. The van der Waals surface area contributed by atoms with E-state index < -0.39 is 0 Å². The molecule has 2 heterocycles. The summed E-state index contributed by atoms with van der Waals surface area (Å²) in [7, 11) is 2.00. The van der Waals surface area contributed by atoms with Crippen molar-refractivity contribution in [3.63, 3.8) is 0 Å². The molecule has 2 unspecified atom stereocenters. The molecule has 17 heavy (non-hydrogen) atoms. The second-order valence-electron chi connectivity index (χ2n) is 5.12. The molecule has 1 aromatic heterocycles. The van der Waals surface area contributed by atoms with Gasteiger partial charge in [0.1, 0.15) is 5.82 Å². The van der Waals surface area contributed by atoms with E-state index in [4.69, 9.17) is 0 Å². The minimum Gasteiger partial charge on any atom is -0.356 e. The van der Waals surface area contributed by atoms with Crippen LogP contribution in [-0.4, -0.2) is 25.1 Å². The Morgan fingerprint density at radius 3 is 3.06 bits per heavy atom. The first-order valence-corrected chi connectivity index (χ1v) is 6.59. The van der Waals surface area contributed by atoms with Crippen LogP contribution >= 0.6 is 0 Å². The van der Waals surface area contributed by atoms with Gasteiger partial charge in [0.05, 0.1) is 0 Å². The lowest BCUT2D eigenvalue weighted by atomic mass is 9.99. The highest BCUT2D eigenvalue weighted by atomic mass is 15.2. The van der Waals surface area contributed by atoms with Gasteiger partial charge in [0, 0.05) is 30.9 Å². The summed E-state index contributed by atoms with van der Waals surface area (Å²) in [5.74, 6) is 1.95. The van der Waals surface area contributed by atoms with Crippen molar-refractivity contribution in [2.75, 3.05) is 25.0 Å². The largest absolute Gasteiger partial charge is 0.356 e. The second kappa shape index (κ2) is 5.50. The van der Waals surface area contributed by atoms with Gasteiger partial charge >= 0.3 is 0 Å². The third kappa shape index (κ3) is 2.78. The van der Waals surface area contributed by atoms with Gasteiger partial charge in [-0.05, 0) is 38.8 Å². The molecule has 3 heteroatoms. The Balaban J connectivity index is 2.24. The summed E-state index contributed by atoms with van der Waals surface area (Å²) in [6.45, 7) is 6.80. The maximum Gasteiger partial charge on any atom is 0.133 e. The van der Waals surface area contributed by atoms with Crippen molar-refractivity contribution in [2.24, 2.45) is 5.92 Å². The Kier molecular flexibility index (Phi) is 4.00. The smallest absolute Gasteiger partial charge is 0.133 e. The number of anilines is 1. The Labute approximate surface area is 104 Å². The molecular weight excluding hydrogens is 210 g/mol. The number of hydrogen-bond donors (Lipinski definition) is 1.